The van der Waals surface area contributed by atoms with Crippen LogP contribution >= 0.6 is 0 Å². The molecule has 2 aromatic heterocycles. The summed E-state index contributed by atoms with van der Waals surface area (Å²) >= 11 is 0. The lowest BCUT2D eigenvalue weighted by molar-refractivity contribution is -0.913. The lowest BCUT2D eigenvalue weighted by Crippen LogP contribution is -2.78. The molecule has 0 spiro atoms. The van der Waals surface area contributed by atoms with E-state index in [1.807, 2.05) is 0 Å². The molecule has 230 valence electrons. The van der Waals surface area contributed by atoms with Crippen LogP contribution in [-0.4, -0.2) is 120 Å². The highest BCUT2D eigenvalue weighted by molar-refractivity contribution is 5.90. The number of carboxylic acid groups (broad SMARTS) is 1. The molecule has 2 aromatic rings. The lowest BCUT2D eigenvalue weighted by atomic mass is 9.91. The SMILES string of the molecule is CC#CC[N+]1(c2ccn[nH]2)CC[N+](COC)(C(=O)O)C(c2ccn[nH]2)C1C(=O)NC(C(=O)OCC)C(OCC)OCC. The van der Waals surface area contributed by atoms with E-state index < -0.39 is 46.9 Å². The third-order valence-corrected chi connectivity index (χ3v) is 7.39. The number of nitrogens with zero attached hydrogens (tertiary/aromatic N) is 4. The summed E-state index contributed by atoms with van der Waals surface area (Å²) in [5, 5.41) is 27.6. The molecule has 1 saturated heterocycles. The quantitative estimate of drug-likeness (QED) is 0.108. The van der Waals surface area contributed by atoms with Crippen LogP contribution in [0.1, 0.15) is 39.4 Å². The Kier molecular flexibility index (Phi) is 11.6. The van der Waals surface area contributed by atoms with Crippen LogP contribution in [0.4, 0.5) is 10.6 Å². The summed E-state index contributed by atoms with van der Waals surface area (Å²) in [6.07, 6.45) is 0.696. The van der Waals surface area contributed by atoms with Crippen LogP contribution in [0, 0.1) is 11.8 Å². The Balaban J connectivity index is 2.29. The topological polar surface area (TPSA) is 178 Å². The first kappa shape index (κ1) is 32.7. The zero-order valence-electron chi connectivity index (χ0n) is 24.7. The van der Waals surface area contributed by atoms with Gasteiger partial charge >= 0.3 is 12.1 Å². The summed E-state index contributed by atoms with van der Waals surface area (Å²) < 4.78 is 21.4. The zero-order chi connectivity index (χ0) is 30.8. The van der Waals surface area contributed by atoms with Crippen LogP contribution in [0.25, 0.3) is 0 Å². The first-order valence-electron chi connectivity index (χ1n) is 13.8. The molecule has 5 unspecified atom stereocenters. The number of quaternary nitrogens is 2. The highest BCUT2D eigenvalue weighted by Gasteiger charge is 2.66. The van der Waals surface area contributed by atoms with Gasteiger partial charge in [0, 0.05) is 32.6 Å². The predicted molar refractivity (Wildman–Crippen MR) is 149 cm³/mol. The Hall–Kier alpha value is -3.81. The maximum absolute atomic E-state index is 14.7. The van der Waals surface area contributed by atoms with Gasteiger partial charge in [-0.2, -0.15) is 19.5 Å². The average molecular weight is 592 g/mol. The van der Waals surface area contributed by atoms with Gasteiger partial charge in [-0.1, -0.05) is 0 Å². The van der Waals surface area contributed by atoms with E-state index in [4.69, 9.17) is 18.9 Å². The Morgan fingerprint density at radius 3 is 2.31 bits per heavy atom. The molecule has 4 N–H and O–H groups in total. The number of aromatic nitrogens is 4. The minimum atomic E-state index is -1.35. The minimum absolute atomic E-state index is 0.0590. The molecule has 1 fully saturated rings. The predicted octanol–water partition coefficient (Wildman–Crippen LogP) is 1.13. The van der Waals surface area contributed by atoms with Crippen LogP contribution in [0.15, 0.2) is 24.5 Å². The molecule has 0 saturated carbocycles. The molecule has 15 heteroatoms. The van der Waals surface area contributed by atoms with Crippen molar-refractivity contribution in [2.75, 3.05) is 53.3 Å². The highest BCUT2D eigenvalue weighted by atomic mass is 16.7. The molecule has 2 amide bonds. The van der Waals surface area contributed by atoms with Crippen molar-refractivity contribution in [3.8, 4) is 11.8 Å². The number of rotatable bonds is 14. The summed E-state index contributed by atoms with van der Waals surface area (Å²) in [6.45, 7) is 7.39. The molecule has 15 nitrogen and oxygen atoms in total. The van der Waals surface area contributed by atoms with E-state index in [0.29, 0.717) is 11.5 Å². The normalized spacial score (nSPS) is 24.4. The molecule has 42 heavy (non-hydrogen) atoms. The molecule has 1 aliphatic heterocycles. The second-order valence-electron chi connectivity index (χ2n) is 9.66. The van der Waals surface area contributed by atoms with Crippen LogP contribution in [-0.2, 0) is 28.5 Å². The number of carbonyl (C=O) groups is 3. The number of ether oxygens (including phenoxy) is 4. The number of hydrogen-bond acceptors (Lipinski definition) is 9. The second-order valence-corrected chi connectivity index (χ2v) is 9.66. The van der Waals surface area contributed by atoms with Crippen molar-refractivity contribution in [1.82, 2.24) is 30.2 Å². The molecular weight excluding hydrogens is 550 g/mol. The average Bonchev–Trinajstić information content (AvgIpc) is 3.70. The molecule has 5 atom stereocenters. The number of nitrogens with one attached hydrogen (secondary N) is 3. The third-order valence-electron chi connectivity index (χ3n) is 7.39. The molecule has 3 rings (SSSR count). The van der Waals surface area contributed by atoms with Gasteiger partial charge in [0.2, 0.25) is 17.9 Å². The molecule has 1 aliphatic rings. The third kappa shape index (κ3) is 6.48. The first-order valence-corrected chi connectivity index (χ1v) is 13.8. The maximum Gasteiger partial charge on any atom is 0.516 e. The molecular formula is C27H41N7O8+2. The number of hydrogen-bond donors (Lipinski definition) is 4. The standard InChI is InChI=1S/C27H39N7O8/c1-6-10-15-33(20-12-14-29-32-20)16-17-34(18-39-5,27(37)38)22(19-11-13-28-31-19)23(33)24(35)30-21(25(36)40-7-2)26(41-8-3)42-9-4/h11-14,21-23,26H,7-9,15-18H2,1-5H3,(H2-2,28,29,30,31,32,35,37,38)/p+2. The minimum Gasteiger partial charge on any atom is -0.464 e. The number of carbonyl (C=O) groups excluding carboxylic acids is 2. The van der Waals surface area contributed by atoms with E-state index in [2.05, 4.69) is 37.6 Å². The van der Waals surface area contributed by atoms with Gasteiger partial charge < -0.3 is 29.4 Å². The summed E-state index contributed by atoms with van der Waals surface area (Å²) in [6, 6.07) is -0.253. The fourth-order valence-corrected chi connectivity index (χ4v) is 5.58. The number of esters is 1. The van der Waals surface area contributed by atoms with E-state index in [9.17, 15) is 19.5 Å². The molecule has 0 aliphatic carbocycles. The van der Waals surface area contributed by atoms with Gasteiger partial charge in [0.15, 0.2) is 19.1 Å². The summed E-state index contributed by atoms with van der Waals surface area (Å²) in [4.78, 5) is 41.0. The van der Waals surface area contributed by atoms with Crippen molar-refractivity contribution >= 4 is 23.8 Å². The second kappa shape index (κ2) is 14.9. The number of methoxy groups -OCH3 is 1. The summed E-state index contributed by atoms with van der Waals surface area (Å²) in [7, 11) is 1.40. The van der Waals surface area contributed by atoms with E-state index in [1.54, 1.807) is 46.0 Å². The van der Waals surface area contributed by atoms with Gasteiger partial charge in [0.05, 0.1) is 12.8 Å². The van der Waals surface area contributed by atoms with E-state index in [1.165, 1.54) is 13.3 Å². The van der Waals surface area contributed by atoms with Crippen molar-refractivity contribution in [1.29, 1.82) is 0 Å². The smallest absolute Gasteiger partial charge is 0.464 e. The number of aromatic amines is 2. The van der Waals surface area contributed by atoms with Crippen LogP contribution in [0.3, 0.4) is 0 Å². The Morgan fingerprint density at radius 1 is 1.10 bits per heavy atom. The maximum atomic E-state index is 14.7. The van der Waals surface area contributed by atoms with Gasteiger partial charge in [0.25, 0.3) is 5.91 Å². The number of piperazine rings is 1. The van der Waals surface area contributed by atoms with Gasteiger partial charge in [-0.3, -0.25) is 9.89 Å². The Morgan fingerprint density at radius 2 is 1.79 bits per heavy atom. The fraction of sp³-hybridized carbons (Fsp3) is 0.593. The molecule has 3 heterocycles. The first-order chi connectivity index (χ1) is 20.3. The van der Waals surface area contributed by atoms with Gasteiger partial charge in [-0.05, 0) is 39.7 Å². The Labute approximate surface area is 244 Å². The largest absolute Gasteiger partial charge is 0.516 e. The van der Waals surface area contributed by atoms with Crippen molar-refractivity contribution in [3.05, 3.63) is 30.2 Å². The summed E-state index contributed by atoms with van der Waals surface area (Å²) in [5.74, 6) is 5.12. The lowest BCUT2D eigenvalue weighted by Gasteiger charge is -2.52. The monoisotopic (exact) mass is 591 g/mol. The summed E-state index contributed by atoms with van der Waals surface area (Å²) in [5.41, 5.74) is 0.389. The van der Waals surface area contributed by atoms with E-state index in [-0.39, 0.29) is 50.7 Å². The molecule has 0 aromatic carbocycles. The van der Waals surface area contributed by atoms with Crippen molar-refractivity contribution in [2.24, 2.45) is 0 Å². The van der Waals surface area contributed by atoms with Gasteiger partial charge in [-0.25, -0.2) is 14.4 Å². The zero-order valence-corrected chi connectivity index (χ0v) is 24.7. The Bertz CT molecular complexity index is 1220. The van der Waals surface area contributed by atoms with Crippen molar-refractivity contribution < 1.29 is 42.9 Å². The van der Waals surface area contributed by atoms with E-state index in [0.717, 1.165) is 0 Å². The number of H-pyrrole nitrogens is 2. The van der Waals surface area contributed by atoms with Crippen LogP contribution < -0.4 is 9.80 Å². The molecule has 0 radical (unpaired) electrons. The van der Waals surface area contributed by atoms with E-state index >= 15 is 0 Å². The highest BCUT2D eigenvalue weighted by Crippen LogP contribution is 2.43. The number of amides is 2. The molecule has 0 bridgehead atoms. The van der Waals surface area contributed by atoms with Crippen molar-refractivity contribution in [2.45, 2.75) is 52.1 Å². The van der Waals surface area contributed by atoms with Crippen LogP contribution in [0.5, 0.6) is 0 Å². The fourth-order valence-electron chi connectivity index (χ4n) is 5.58. The van der Waals surface area contributed by atoms with Crippen LogP contribution in [0.2, 0.25) is 0 Å². The van der Waals surface area contributed by atoms with Crippen molar-refractivity contribution in [3.63, 3.8) is 0 Å². The van der Waals surface area contributed by atoms with Gasteiger partial charge in [0.1, 0.15) is 25.3 Å². The van der Waals surface area contributed by atoms with Gasteiger partial charge in [-0.15, -0.1) is 5.92 Å².